The first-order valence-corrected chi connectivity index (χ1v) is 12.9. The lowest BCUT2D eigenvalue weighted by atomic mass is 9.93. The molecule has 0 aliphatic carbocycles. The van der Waals surface area contributed by atoms with Gasteiger partial charge < -0.3 is 23.7 Å². The topological polar surface area (TPSA) is 141 Å². The summed E-state index contributed by atoms with van der Waals surface area (Å²) in [5.74, 6) is -3.58. The van der Waals surface area contributed by atoms with Crippen molar-refractivity contribution in [3.05, 3.63) is 57.1 Å². The van der Waals surface area contributed by atoms with E-state index in [2.05, 4.69) is 10.1 Å². The molecule has 0 aliphatic rings. The number of hydrogen-bond acceptors (Lipinski definition) is 10. The van der Waals surface area contributed by atoms with Gasteiger partial charge in [0, 0.05) is 30.0 Å². The molecule has 2 aromatic rings. The Kier molecular flexibility index (Phi) is 11.8. The van der Waals surface area contributed by atoms with Gasteiger partial charge in [-0.05, 0) is 25.0 Å². The molecular weight excluding hydrogens is 559 g/mol. The number of carbonyl (C=O) groups excluding carboxylic acids is 3. The lowest BCUT2D eigenvalue weighted by molar-refractivity contribution is -0.148. The van der Waals surface area contributed by atoms with Crippen molar-refractivity contribution in [3.63, 3.8) is 0 Å². The van der Waals surface area contributed by atoms with Crippen LogP contribution in [0, 0.1) is 5.92 Å². The molecule has 0 aromatic carbocycles. The summed E-state index contributed by atoms with van der Waals surface area (Å²) in [5.41, 5.74) is -1.70. The lowest BCUT2D eigenvalue weighted by Crippen LogP contribution is -2.27. The maximum Gasteiger partial charge on any atom is 0.410 e. The molecule has 3 atom stereocenters. The van der Waals surface area contributed by atoms with E-state index in [0.29, 0.717) is 17.7 Å². The van der Waals surface area contributed by atoms with Crippen LogP contribution in [0.4, 0.5) is 18.0 Å². The van der Waals surface area contributed by atoms with Gasteiger partial charge in [-0.3, -0.25) is 14.9 Å². The summed E-state index contributed by atoms with van der Waals surface area (Å²) in [6, 6.07) is 3.99. The van der Waals surface area contributed by atoms with Crippen LogP contribution >= 0.6 is 11.3 Å². The lowest BCUT2D eigenvalue weighted by Gasteiger charge is -2.22. The van der Waals surface area contributed by atoms with E-state index in [-0.39, 0.29) is 16.7 Å². The number of alkyl carbamates (subject to hydrolysis) is 1. The van der Waals surface area contributed by atoms with E-state index in [9.17, 15) is 37.5 Å². The van der Waals surface area contributed by atoms with E-state index in [1.807, 2.05) is 0 Å². The molecule has 2 rings (SSSR count). The molecular formula is C26H30F3NO9S. The average Bonchev–Trinajstić information content (AvgIpc) is 3.33. The minimum atomic E-state index is -4.39. The molecule has 0 spiro atoms. The third-order valence-electron chi connectivity index (χ3n) is 5.63. The molecule has 0 aliphatic heterocycles. The first-order chi connectivity index (χ1) is 18.7. The van der Waals surface area contributed by atoms with Crippen LogP contribution in [0.5, 0.6) is 10.8 Å². The first-order valence-electron chi connectivity index (χ1n) is 12.1. The molecule has 2 N–H and O–H groups in total. The molecule has 2 heterocycles. The van der Waals surface area contributed by atoms with Crippen LogP contribution in [-0.4, -0.2) is 42.8 Å². The number of carbonyl (C=O) groups is 3. The van der Waals surface area contributed by atoms with Crippen molar-refractivity contribution >= 4 is 29.2 Å². The van der Waals surface area contributed by atoms with Gasteiger partial charge in [0.05, 0.1) is 26.1 Å². The minimum Gasteiger partial charge on any atom is -0.507 e. The second-order valence-corrected chi connectivity index (χ2v) is 9.84. The summed E-state index contributed by atoms with van der Waals surface area (Å²) in [7, 11) is 1.23. The standard InChI is InChI=1S/C26H30F3NO9S/c1-14(7-5-6-11-30-25(35)36-4)18-13-17(32)21(24(34)39-18)22(33)15(2)23(38-16(3)31)19-8-9-20(40-19)37-12-10-26(27,28)29/h6,8-9,11,13-15,23,32H,5,7,10,12H2,1-4H3,(H,30,35)/b11-6+. The zero-order valence-electron chi connectivity index (χ0n) is 22.2. The van der Waals surface area contributed by atoms with Crippen molar-refractivity contribution in [2.24, 2.45) is 5.92 Å². The number of halogens is 3. The highest BCUT2D eigenvalue weighted by Gasteiger charge is 2.34. The summed E-state index contributed by atoms with van der Waals surface area (Å²) in [6.07, 6.45) is -3.35. The molecule has 1 amide bonds. The van der Waals surface area contributed by atoms with E-state index in [4.69, 9.17) is 13.9 Å². The maximum absolute atomic E-state index is 13.3. The quantitative estimate of drug-likeness (QED) is 0.225. The molecule has 0 bridgehead atoms. The molecule has 3 unspecified atom stereocenters. The number of aromatic hydroxyl groups is 1. The predicted octanol–water partition coefficient (Wildman–Crippen LogP) is 5.61. The summed E-state index contributed by atoms with van der Waals surface area (Å²) in [5, 5.41) is 13.1. The molecule has 2 aromatic heterocycles. The number of Topliss-reactive ketones (excluding diaryl/α,β-unsaturated/α-hetero) is 1. The molecule has 0 saturated carbocycles. The maximum atomic E-state index is 13.3. The fourth-order valence-corrected chi connectivity index (χ4v) is 4.52. The number of nitrogens with one attached hydrogen (secondary N) is 1. The van der Waals surface area contributed by atoms with Gasteiger partial charge in [0.25, 0.3) is 0 Å². The zero-order chi connectivity index (χ0) is 30.0. The van der Waals surface area contributed by atoms with E-state index < -0.39 is 66.0 Å². The van der Waals surface area contributed by atoms with Gasteiger partial charge in [0.15, 0.2) is 10.8 Å². The van der Waals surface area contributed by atoms with Gasteiger partial charge in [0.2, 0.25) is 0 Å². The van der Waals surface area contributed by atoms with Crippen LogP contribution in [0.25, 0.3) is 0 Å². The molecule has 0 fully saturated rings. The summed E-state index contributed by atoms with van der Waals surface area (Å²) in [4.78, 5) is 49.1. The van der Waals surface area contributed by atoms with Crippen LogP contribution < -0.4 is 15.7 Å². The minimum absolute atomic E-state index is 0.118. The fraction of sp³-hybridized carbons (Fsp3) is 0.462. The highest BCUT2D eigenvalue weighted by Crippen LogP contribution is 2.38. The van der Waals surface area contributed by atoms with Gasteiger partial charge >= 0.3 is 23.9 Å². The Morgan fingerprint density at radius 3 is 2.52 bits per heavy atom. The molecule has 10 nitrogen and oxygen atoms in total. The van der Waals surface area contributed by atoms with Crippen molar-refractivity contribution in [2.45, 2.75) is 58.2 Å². The van der Waals surface area contributed by atoms with Crippen molar-refractivity contribution in [3.8, 4) is 10.8 Å². The molecule has 0 saturated heterocycles. The monoisotopic (exact) mass is 589 g/mol. The van der Waals surface area contributed by atoms with Crippen molar-refractivity contribution in [1.29, 1.82) is 0 Å². The Bertz CT molecular complexity index is 1270. The fourth-order valence-electron chi connectivity index (χ4n) is 3.51. The highest BCUT2D eigenvalue weighted by molar-refractivity contribution is 7.13. The van der Waals surface area contributed by atoms with Gasteiger partial charge in [-0.1, -0.05) is 19.9 Å². The van der Waals surface area contributed by atoms with E-state index in [1.165, 1.54) is 38.4 Å². The number of hydrogen-bond donors (Lipinski definition) is 2. The predicted molar refractivity (Wildman–Crippen MR) is 137 cm³/mol. The molecule has 0 radical (unpaired) electrons. The highest BCUT2D eigenvalue weighted by atomic mass is 32.1. The Balaban J connectivity index is 2.18. The Hall–Kier alpha value is -3.81. The second kappa shape index (κ2) is 14.5. The number of rotatable bonds is 13. The van der Waals surface area contributed by atoms with Crippen LogP contribution in [0.1, 0.15) is 73.1 Å². The largest absolute Gasteiger partial charge is 0.507 e. The van der Waals surface area contributed by atoms with Gasteiger partial charge in [-0.15, -0.1) is 11.3 Å². The number of allylic oxidation sites excluding steroid dienone is 1. The SMILES string of the molecule is COC(=O)N/C=C/CCC(C)c1cc(O)c(C(=O)C(C)C(OC(C)=O)c2ccc(OCCC(F)(F)F)s2)c(=O)o1. The zero-order valence-corrected chi connectivity index (χ0v) is 23.0. The Morgan fingerprint density at radius 2 is 1.93 bits per heavy atom. The van der Waals surface area contributed by atoms with Crippen LogP contribution in [-0.2, 0) is 14.3 Å². The second-order valence-electron chi connectivity index (χ2n) is 8.77. The third-order valence-corrected chi connectivity index (χ3v) is 6.68. The first kappa shape index (κ1) is 32.4. The normalized spacial score (nSPS) is 13.9. The third kappa shape index (κ3) is 9.74. The van der Waals surface area contributed by atoms with E-state index in [0.717, 1.165) is 18.3 Å². The summed E-state index contributed by atoms with van der Waals surface area (Å²) in [6.45, 7) is 3.62. The van der Waals surface area contributed by atoms with Crippen LogP contribution in [0.15, 0.2) is 39.7 Å². The van der Waals surface area contributed by atoms with E-state index >= 15 is 0 Å². The summed E-state index contributed by atoms with van der Waals surface area (Å²) >= 11 is 0.884. The molecule has 14 heteroatoms. The number of methoxy groups -OCH3 is 1. The van der Waals surface area contributed by atoms with Crippen molar-refractivity contribution < 1.29 is 51.3 Å². The number of thiophene rings is 1. The Labute approximate surface area is 231 Å². The number of amides is 1. The van der Waals surface area contributed by atoms with Gasteiger partial charge in [0.1, 0.15) is 23.2 Å². The van der Waals surface area contributed by atoms with Gasteiger partial charge in [-0.25, -0.2) is 9.59 Å². The number of alkyl halides is 3. The van der Waals surface area contributed by atoms with Crippen molar-refractivity contribution in [1.82, 2.24) is 5.32 Å². The van der Waals surface area contributed by atoms with Gasteiger partial charge in [-0.2, -0.15) is 13.2 Å². The number of ketones is 1. The van der Waals surface area contributed by atoms with E-state index in [1.54, 1.807) is 13.0 Å². The average molecular weight is 590 g/mol. The number of ether oxygens (including phenoxy) is 3. The molecule has 40 heavy (non-hydrogen) atoms. The number of esters is 1. The van der Waals surface area contributed by atoms with Crippen LogP contribution in [0.2, 0.25) is 0 Å². The summed E-state index contributed by atoms with van der Waals surface area (Å²) < 4.78 is 57.4. The van der Waals surface area contributed by atoms with Crippen LogP contribution in [0.3, 0.4) is 0 Å². The Morgan fingerprint density at radius 1 is 1.23 bits per heavy atom. The molecule has 220 valence electrons. The smallest absolute Gasteiger partial charge is 0.410 e. The van der Waals surface area contributed by atoms with Crippen molar-refractivity contribution in [2.75, 3.05) is 13.7 Å².